The molecule has 1 aliphatic heterocycles. The monoisotopic (exact) mass is 526 g/mol. The first-order valence-corrected chi connectivity index (χ1v) is 11.3. The van der Waals surface area contributed by atoms with Crippen LogP contribution < -0.4 is 19.3 Å². The van der Waals surface area contributed by atoms with Crippen molar-refractivity contribution < 1.29 is 40.9 Å². The Labute approximate surface area is 209 Å². The highest BCUT2D eigenvalue weighted by Crippen LogP contribution is 2.43. The lowest BCUT2D eigenvalue weighted by atomic mass is 9.98. The van der Waals surface area contributed by atoms with E-state index in [9.17, 15) is 31.4 Å². The van der Waals surface area contributed by atoms with Crippen molar-refractivity contribution in [1.82, 2.24) is 0 Å². The van der Waals surface area contributed by atoms with Gasteiger partial charge in [0.2, 0.25) is 0 Å². The molecule has 0 fully saturated rings. The quantitative estimate of drug-likeness (QED) is 0.378. The van der Waals surface area contributed by atoms with Gasteiger partial charge in [-0.05, 0) is 47.5 Å². The number of para-hydroxylation sites is 2. The fourth-order valence-electron chi connectivity index (χ4n) is 4.41. The number of rotatable bonds is 7. The molecule has 0 saturated heterocycles. The molecule has 0 saturated carbocycles. The molecule has 198 valence electrons. The molecular formula is C26H24F6N2O3. The second-order valence-corrected chi connectivity index (χ2v) is 8.57. The molecule has 3 aromatic carbocycles. The molecule has 0 bridgehead atoms. The molecule has 2 atom stereocenters. The Hall–Kier alpha value is -3.60. The van der Waals surface area contributed by atoms with E-state index in [-0.39, 0.29) is 18.8 Å². The van der Waals surface area contributed by atoms with Crippen LogP contribution in [0.1, 0.15) is 17.2 Å². The fraction of sp³-hybridized carbons (Fsp3) is 0.308. The van der Waals surface area contributed by atoms with Crippen LogP contribution in [-0.4, -0.2) is 43.9 Å². The minimum Gasteiger partial charge on any atom is -0.497 e. The summed E-state index contributed by atoms with van der Waals surface area (Å²) in [7, 11) is 1.47. The summed E-state index contributed by atoms with van der Waals surface area (Å²) in [5.41, 5.74) is 2.21. The van der Waals surface area contributed by atoms with Gasteiger partial charge in [0, 0.05) is 13.1 Å². The summed E-state index contributed by atoms with van der Waals surface area (Å²) < 4.78 is 87.5. The second-order valence-electron chi connectivity index (χ2n) is 8.57. The Balaban J connectivity index is 1.73. The number of nitrogens with zero attached hydrogens (tertiary/aromatic N) is 2. The highest BCUT2D eigenvalue weighted by atomic mass is 19.4. The zero-order valence-corrected chi connectivity index (χ0v) is 19.6. The van der Waals surface area contributed by atoms with Crippen LogP contribution in [0.5, 0.6) is 11.5 Å². The molecule has 11 heteroatoms. The van der Waals surface area contributed by atoms with Crippen LogP contribution in [0.25, 0.3) is 0 Å². The zero-order valence-electron chi connectivity index (χ0n) is 19.6. The highest BCUT2D eigenvalue weighted by Gasteiger charge is 2.42. The van der Waals surface area contributed by atoms with E-state index in [1.54, 1.807) is 54.6 Å². The maximum atomic E-state index is 13.3. The maximum absolute atomic E-state index is 13.3. The molecule has 2 unspecified atom stereocenters. The third-order valence-electron chi connectivity index (χ3n) is 6.03. The molecule has 0 spiro atoms. The van der Waals surface area contributed by atoms with E-state index in [2.05, 4.69) is 4.74 Å². The number of methoxy groups -OCH3 is 1. The van der Waals surface area contributed by atoms with Crippen LogP contribution in [0.2, 0.25) is 0 Å². The Bertz CT molecular complexity index is 1220. The van der Waals surface area contributed by atoms with Crippen LogP contribution in [0.4, 0.5) is 37.7 Å². The summed E-state index contributed by atoms with van der Waals surface area (Å²) in [5, 5.41) is 9.94. The molecule has 4 rings (SSSR count). The van der Waals surface area contributed by atoms with Crippen molar-refractivity contribution in [3.05, 3.63) is 83.9 Å². The van der Waals surface area contributed by atoms with Gasteiger partial charge in [-0.15, -0.1) is 13.2 Å². The number of aliphatic hydroxyl groups is 1. The predicted octanol–water partition coefficient (Wildman–Crippen LogP) is 6.08. The number of aliphatic hydroxyl groups excluding tert-OH is 1. The number of β-amino-alcohol motifs (C(OH)–C–C–N with tert-alkyl or cyclic N) is 1. The number of anilines is 2. The first kappa shape index (κ1) is 26.5. The molecule has 0 aromatic heterocycles. The molecule has 5 nitrogen and oxygen atoms in total. The third kappa shape index (κ3) is 6.40. The first-order chi connectivity index (χ1) is 17.4. The molecular weight excluding hydrogens is 502 g/mol. The zero-order chi connectivity index (χ0) is 26.8. The van der Waals surface area contributed by atoms with Crippen LogP contribution in [-0.2, 0) is 6.54 Å². The fourth-order valence-corrected chi connectivity index (χ4v) is 4.41. The van der Waals surface area contributed by atoms with Crippen molar-refractivity contribution in [1.29, 1.82) is 0 Å². The van der Waals surface area contributed by atoms with Crippen molar-refractivity contribution in [3.8, 4) is 11.5 Å². The van der Waals surface area contributed by atoms with Gasteiger partial charge in [-0.3, -0.25) is 0 Å². The van der Waals surface area contributed by atoms with Crippen LogP contribution >= 0.6 is 0 Å². The average molecular weight is 526 g/mol. The van der Waals surface area contributed by atoms with E-state index in [1.165, 1.54) is 30.2 Å². The smallest absolute Gasteiger partial charge is 0.497 e. The standard InChI is InChI=1S/C26H24F6N2O3/c1-36-19-8-5-7-18(13-19)23-15-33(14-17-6-4-9-20(12-17)37-26(30,31)32)21-10-2-3-11-22(21)34(23)16-24(35)25(27,28)29/h2-13,23-24,35H,14-16H2,1H3. The van der Waals surface area contributed by atoms with Gasteiger partial charge in [-0.25, -0.2) is 0 Å². The minimum absolute atomic E-state index is 0.169. The lowest BCUT2D eigenvalue weighted by Gasteiger charge is -2.45. The van der Waals surface area contributed by atoms with Crippen molar-refractivity contribution in [3.63, 3.8) is 0 Å². The normalized spacial score (nSPS) is 16.8. The van der Waals surface area contributed by atoms with Gasteiger partial charge in [-0.2, -0.15) is 13.2 Å². The van der Waals surface area contributed by atoms with Gasteiger partial charge in [0.05, 0.1) is 31.1 Å². The van der Waals surface area contributed by atoms with Gasteiger partial charge in [0.25, 0.3) is 0 Å². The molecule has 1 N–H and O–H groups in total. The number of halogens is 6. The Morgan fingerprint density at radius 3 is 2.24 bits per heavy atom. The Morgan fingerprint density at radius 2 is 1.57 bits per heavy atom. The highest BCUT2D eigenvalue weighted by molar-refractivity contribution is 5.75. The van der Waals surface area contributed by atoms with Crippen LogP contribution in [0.15, 0.2) is 72.8 Å². The van der Waals surface area contributed by atoms with Gasteiger partial charge in [0.1, 0.15) is 11.5 Å². The lowest BCUT2D eigenvalue weighted by molar-refractivity contribution is -0.274. The molecule has 0 amide bonds. The maximum Gasteiger partial charge on any atom is 0.573 e. The summed E-state index contributed by atoms with van der Waals surface area (Å²) in [4.78, 5) is 3.38. The molecule has 0 radical (unpaired) electrons. The lowest BCUT2D eigenvalue weighted by Crippen LogP contribution is -2.49. The van der Waals surface area contributed by atoms with E-state index in [0.29, 0.717) is 28.3 Å². The average Bonchev–Trinajstić information content (AvgIpc) is 2.84. The van der Waals surface area contributed by atoms with E-state index in [0.717, 1.165) is 0 Å². The number of hydrogen-bond donors (Lipinski definition) is 1. The number of benzene rings is 3. The topological polar surface area (TPSA) is 45.2 Å². The number of alkyl halides is 6. The molecule has 1 heterocycles. The van der Waals surface area contributed by atoms with E-state index >= 15 is 0 Å². The van der Waals surface area contributed by atoms with E-state index < -0.39 is 31.2 Å². The first-order valence-electron chi connectivity index (χ1n) is 11.3. The van der Waals surface area contributed by atoms with E-state index in [1.807, 2.05) is 4.90 Å². The second kappa shape index (κ2) is 10.4. The number of fused-ring (bicyclic) bond motifs is 1. The molecule has 3 aromatic rings. The summed E-state index contributed by atoms with van der Waals surface area (Å²) in [6.45, 7) is -0.341. The largest absolute Gasteiger partial charge is 0.573 e. The van der Waals surface area contributed by atoms with Gasteiger partial charge in [0.15, 0.2) is 6.10 Å². The van der Waals surface area contributed by atoms with Gasteiger partial charge < -0.3 is 24.4 Å². The summed E-state index contributed by atoms with van der Waals surface area (Å²) in [6.07, 6.45) is -12.2. The summed E-state index contributed by atoms with van der Waals surface area (Å²) in [5.74, 6) is 0.144. The summed E-state index contributed by atoms with van der Waals surface area (Å²) in [6, 6.07) is 18.6. The van der Waals surface area contributed by atoms with Crippen molar-refractivity contribution in [2.24, 2.45) is 0 Å². The van der Waals surface area contributed by atoms with Gasteiger partial charge in [-0.1, -0.05) is 36.4 Å². The number of ether oxygens (including phenoxy) is 2. The molecule has 1 aliphatic rings. The Morgan fingerprint density at radius 1 is 0.892 bits per heavy atom. The molecule has 37 heavy (non-hydrogen) atoms. The molecule has 0 aliphatic carbocycles. The number of hydrogen-bond acceptors (Lipinski definition) is 5. The van der Waals surface area contributed by atoms with Crippen molar-refractivity contribution >= 4 is 11.4 Å². The predicted molar refractivity (Wildman–Crippen MR) is 126 cm³/mol. The third-order valence-corrected chi connectivity index (χ3v) is 6.03. The van der Waals surface area contributed by atoms with Crippen molar-refractivity contribution in [2.75, 3.05) is 30.0 Å². The van der Waals surface area contributed by atoms with Crippen LogP contribution in [0.3, 0.4) is 0 Å². The van der Waals surface area contributed by atoms with Crippen molar-refractivity contribution in [2.45, 2.75) is 31.2 Å². The summed E-state index contributed by atoms with van der Waals surface area (Å²) >= 11 is 0. The SMILES string of the molecule is COc1cccc(C2CN(Cc3cccc(OC(F)(F)F)c3)c3ccccc3N2CC(O)C(F)(F)F)c1. The minimum atomic E-state index is -4.84. The van der Waals surface area contributed by atoms with Crippen LogP contribution in [0, 0.1) is 0 Å². The Kier molecular flexibility index (Phi) is 7.44. The van der Waals surface area contributed by atoms with E-state index in [4.69, 9.17) is 4.74 Å². The van der Waals surface area contributed by atoms with Gasteiger partial charge >= 0.3 is 12.5 Å².